The maximum atomic E-state index is 12.3. The molecule has 0 aliphatic rings. The van der Waals surface area contributed by atoms with Crippen molar-refractivity contribution in [3.63, 3.8) is 0 Å². The maximum absolute atomic E-state index is 12.3. The van der Waals surface area contributed by atoms with Crippen LogP contribution in [0.25, 0.3) is 11.0 Å². The number of anilines is 2. The fraction of sp³-hybridized carbons (Fsp3) is 0.118. The lowest BCUT2D eigenvalue weighted by atomic mass is 10.2. The van der Waals surface area contributed by atoms with Gasteiger partial charge in [-0.1, -0.05) is 18.2 Å². The minimum atomic E-state index is -0.563. The van der Waals surface area contributed by atoms with Gasteiger partial charge < -0.3 is 9.72 Å². The summed E-state index contributed by atoms with van der Waals surface area (Å²) in [7, 11) is 0. The number of imidazole rings is 1. The van der Waals surface area contributed by atoms with E-state index in [9.17, 15) is 9.59 Å². The number of rotatable bonds is 4. The first-order chi connectivity index (χ1) is 11.7. The molecule has 0 radical (unpaired) electrons. The molecular formula is C17H16N4O3. The third kappa shape index (κ3) is 3.52. The van der Waals surface area contributed by atoms with Crippen LogP contribution < -0.4 is 10.6 Å². The van der Waals surface area contributed by atoms with Crippen molar-refractivity contribution in [2.24, 2.45) is 0 Å². The van der Waals surface area contributed by atoms with Gasteiger partial charge in [0.25, 0.3) is 5.91 Å². The van der Waals surface area contributed by atoms with Gasteiger partial charge in [-0.15, -0.1) is 0 Å². The number of amides is 2. The Morgan fingerprint density at radius 1 is 1.12 bits per heavy atom. The summed E-state index contributed by atoms with van der Waals surface area (Å²) in [6, 6.07) is 14.1. The number of H-pyrrole nitrogens is 1. The van der Waals surface area contributed by atoms with Crippen molar-refractivity contribution in [3.8, 4) is 0 Å². The normalized spacial score (nSPS) is 10.4. The van der Waals surface area contributed by atoms with E-state index in [2.05, 4.69) is 20.6 Å². The standard InChI is InChI=1S/C17H16N4O3/c1-2-24-17(23)18-12-7-5-6-11(10-12)15(22)21-16-19-13-8-3-4-9-14(13)20-16/h3-10H,2H2,1H3,(H,18,23)(H2,19,20,21,22). The maximum Gasteiger partial charge on any atom is 0.411 e. The highest BCUT2D eigenvalue weighted by Gasteiger charge is 2.11. The number of nitrogens with zero attached hydrogens (tertiary/aromatic N) is 1. The van der Waals surface area contributed by atoms with Crippen LogP contribution in [0.2, 0.25) is 0 Å². The Bertz CT molecular complexity index is 855. The van der Waals surface area contributed by atoms with Gasteiger partial charge in [-0.3, -0.25) is 15.4 Å². The molecule has 7 heteroatoms. The lowest BCUT2D eigenvalue weighted by molar-refractivity contribution is 0.102. The molecule has 1 heterocycles. The summed E-state index contributed by atoms with van der Waals surface area (Å²) < 4.78 is 4.81. The molecule has 1 aromatic heterocycles. The van der Waals surface area contributed by atoms with Crippen molar-refractivity contribution >= 4 is 34.7 Å². The van der Waals surface area contributed by atoms with Crippen molar-refractivity contribution in [3.05, 3.63) is 54.1 Å². The predicted molar refractivity (Wildman–Crippen MR) is 91.1 cm³/mol. The van der Waals surface area contributed by atoms with Gasteiger partial charge in [-0.25, -0.2) is 9.78 Å². The van der Waals surface area contributed by atoms with Crippen molar-refractivity contribution in [2.45, 2.75) is 6.92 Å². The molecule has 7 nitrogen and oxygen atoms in total. The Hall–Kier alpha value is -3.35. The van der Waals surface area contributed by atoms with E-state index in [0.717, 1.165) is 11.0 Å². The van der Waals surface area contributed by atoms with Crippen LogP contribution in [0.3, 0.4) is 0 Å². The summed E-state index contributed by atoms with van der Waals surface area (Å²) in [5.41, 5.74) is 2.48. The summed E-state index contributed by atoms with van der Waals surface area (Å²) in [6.45, 7) is 1.99. The Morgan fingerprint density at radius 3 is 2.75 bits per heavy atom. The molecule has 2 amide bonds. The summed E-state index contributed by atoms with van der Waals surface area (Å²) in [4.78, 5) is 31.1. The first-order valence-electron chi connectivity index (χ1n) is 7.45. The van der Waals surface area contributed by atoms with E-state index in [-0.39, 0.29) is 12.5 Å². The molecule has 0 unspecified atom stereocenters. The zero-order valence-electron chi connectivity index (χ0n) is 13.0. The second-order valence-corrected chi connectivity index (χ2v) is 4.98. The van der Waals surface area contributed by atoms with Crippen LogP contribution in [0.1, 0.15) is 17.3 Å². The molecule has 2 aromatic carbocycles. The average Bonchev–Trinajstić information content (AvgIpc) is 2.97. The molecule has 0 spiro atoms. The Balaban J connectivity index is 1.73. The van der Waals surface area contributed by atoms with Crippen LogP contribution in [0.15, 0.2) is 48.5 Å². The van der Waals surface area contributed by atoms with E-state index >= 15 is 0 Å². The van der Waals surface area contributed by atoms with Gasteiger partial charge in [0.2, 0.25) is 5.95 Å². The number of nitrogens with one attached hydrogen (secondary N) is 3. The molecule has 0 atom stereocenters. The summed E-state index contributed by atoms with van der Waals surface area (Å²) >= 11 is 0. The summed E-state index contributed by atoms with van der Waals surface area (Å²) in [5, 5.41) is 5.26. The second kappa shape index (κ2) is 6.82. The smallest absolute Gasteiger partial charge is 0.411 e. The minimum Gasteiger partial charge on any atom is -0.450 e. The number of carbonyl (C=O) groups is 2. The van der Waals surface area contributed by atoms with Gasteiger partial charge in [0, 0.05) is 11.3 Å². The first kappa shape index (κ1) is 15.5. The van der Waals surface area contributed by atoms with Gasteiger partial charge in [0.1, 0.15) is 0 Å². The average molecular weight is 324 g/mol. The fourth-order valence-electron chi connectivity index (χ4n) is 2.21. The highest BCUT2D eigenvalue weighted by Crippen LogP contribution is 2.16. The first-order valence-corrected chi connectivity index (χ1v) is 7.45. The zero-order valence-corrected chi connectivity index (χ0v) is 13.0. The number of carbonyl (C=O) groups excluding carboxylic acids is 2. The number of benzene rings is 2. The number of fused-ring (bicyclic) bond motifs is 1. The van der Waals surface area contributed by atoms with E-state index in [0.29, 0.717) is 17.2 Å². The van der Waals surface area contributed by atoms with Crippen molar-refractivity contribution in [1.29, 1.82) is 0 Å². The molecule has 0 saturated carbocycles. The molecule has 0 aliphatic carbocycles. The monoisotopic (exact) mass is 324 g/mol. The van der Waals surface area contributed by atoms with Crippen molar-refractivity contribution < 1.29 is 14.3 Å². The third-order valence-electron chi connectivity index (χ3n) is 3.27. The Morgan fingerprint density at radius 2 is 1.96 bits per heavy atom. The molecule has 0 saturated heterocycles. The molecule has 0 fully saturated rings. The van der Waals surface area contributed by atoms with E-state index in [1.165, 1.54) is 0 Å². The van der Waals surface area contributed by atoms with Crippen LogP contribution in [-0.2, 0) is 4.74 Å². The lowest BCUT2D eigenvalue weighted by Crippen LogP contribution is -2.15. The van der Waals surface area contributed by atoms with E-state index in [4.69, 9.17) is 4.74 Å². The molecule has 3 N–H and O–H groups in total. The molecule has 0 bridgehead atoms. The number of para-hydroxylation sites is 2. The van der Waals surface area contributed by atoms with Crippen LogP contribution >= 0.6 is 0 Å². The van der Waals surface area contributed by atoms with Crippen LogP contribution in [0, 0.1) is 0 Å². The molecule has 122 valence electrons. The highest BCUT2D eigenvalue weighted by atomic mass is 16.5. The molecule has 0 aliphatic heterocycles. The largest absolute Gasteiger partial charge is 0.450 e. The van der Waals surface area contributed by atoms with Gasteiger partial charge in [-0.2, -0.15) is 0 Å². The number of ether oxygens (including phenoxy) is 1. The van der Waals surface area contributed by atoms with Gasteiger partial charge >= 0.3 is 6.09 Å². The summed E-state index contributed by atoms with van der Waals surface area (Å²) in [5.74, 6) is 0.0338. The van der Waals surface area contributed by atoms with Gasteiger partial charge in [-0.05, 0) is 37.3 Å². The number of hydrogen-bond acceptors (Lipinski definition) is 4. The van der Waals surface area contributed by atoms with Crippen molar-refractivity contribution in [1.82, 2.24) is 9.97 Å². The van der Waals surface area contributed by atoms with E-state index in [1.807, 2.05) is 24.3 Å². The number of hydrogen-bond donors (Lipinski definition) is 3. The fourth-order valence-corrected chi connectivity index (χ4v) is 2.21. The Kier molecular flexibility index (Phi) is 4.42. The predicted octanol–water partition coefficient (Wildman–Crippen LogP) is 3.38. The van der Waals surface area contributed by atoms with Crippen LogP contribution in [-0.4, -0.2) is 28.6 Å². The molecular weight excluding hydrogens is 308 g/mol. The number of aromatic nitrogens is 2. The van der Waals surface area contributed by atoms with Crippen LogP contribution in [0.4, 0.5) is 16.4 Å². The zero-order chi connectivity index (χ0) is 16.9. The lowest BCUT2D eigenvalue weighted by Gasteiger charge is -2.07. The summed E-state index contributed by atoms with van der Waals surface area (Å²) in [6.07, 6.45) is -0.563. The Labute approximate surface area is 138 Å². The highest BCUT2D eigenvalue weighted by molar-refractivity contribution is 6.04. The van der Waals surface area contributed by atoms with Crippen molar-refractivity contribution in [2.75, 3.05) is 17.2 Å². The molecule has 3 rings (SSSR count). The SMILES string of the molecule is CCOC(=O)Nc1cccc(C(=O)Nc2nc3ccccc3[nH]2)c1. The van der Waals surface area contributed by atoms with E-state index < -0.39 is 6.09 Å². The quantitative estimate of drug-likeness (QED) is 0.685. The number of aromatic amines is 1. The topological polar surface area (TPSA) is 96.1 Å². The molecule has 24 heavy (non-hydrogen) atoms. The molecule has 3 aromatic rings. The van der Waals surface area contributed by atoms with Gasteiger partial charge in [0.05, 0.1) is 17.6 Å². The second-order valence-electron chi connectivity index (χ2n) is 4.98. The van der Waals surface area contributed by atoms with E-state index in [1.54, 1.807) is 31.2 Å². The minimum absolute atomic E-state index is 0.276. The van der Waals surface area contributed by atoms with Gasteiger partial charge in [0.15, 0.2) is 0 Å². The van der Waals surface area contributed by atoms with Crippen LogP contribution in [0.5, 0.6) is 0 Å². The third-order valence-corrected chi connectivity index (χ3v) is 3.27.